The van der Waals surface area contributed by atoms with Gasteiger partial charge in [-0.05, 0) is 36.8 Å². The van der Waals surface area contributed by atoms with E-state index >= 15 is 0 Å². The Morgan fingerprint density at radius 1 is 1.23 bits per heavy atom. The van der Waals surface area contributed by atoms with E-state index in [-0.39, 0.29) is 11.9 Å². The number of hydrogen-bond donors (Lipinski definition) is 2. The van der Waals surface area contributed by atoms with Gasteiger partial charge in [-0.2, -0.15) is 0 Å². The van der Waals surface area contributed by atoms with Gasteiger partial charge < -0.3 is 10.2 Å². The summed E-state index contributed by atoms with van der Waals surface area (Å²) in [7, 11) is 2.00. The van der Waals surface area contributed by atoms with Crippen molar-refractivity contribution in [3.05, 3.63) is 56.2 Å². The predicted octanol–water partition coefficient (Wildman–Crippen LogP) is 2.95. The van der Waals surface area contributed by atoms with Gasteiger partial charge in [0.15, 0.2) is 6.54 Å². The third kappa shape index (κ3) is 5.29. The van der Waals surface area contributed by atoms with Crippen LogP contribution in [0.1, 0.15) is 23.4 Å². The normalized spacial score (nSPS) is 13.6. The Balaban J connectivity index is 1.82. The van der Waals surface area contributed by atoms with Crippen molar-refractivity contribution in [3.63, 3.8) is 0 Å². The maximum atomic E-state index is 12.1. The first-order valence-electron chi connectivity index (χ1n) is 7.04. The van der Waals surface area contributed by atoms with Crippen molar-refractivity contribution >= 4 is 40.4 Å². The van der Waals surface area contributed by atoms with Crippen molar-refractivity contribution in [2.75, 3.05) is 13.6 Å². The smallest absolute Gasteiger partial charge is 0.275 e. The molecule has 0 bridgehead atoms. The number of carbonyl (C=O) groups excluding carboxylic acids is 1. The highest BCUT2D eigenvalue weighted by Crippen LogP contribution is 2.20. The van der Waals surface area contributed by atoms with Gasteiger partial charge in [-0.1, -0.05) is 35.3 Å². The molecule has 0 saturated carbocycles. The number of quaternary nitrogens is 1. The van der Waals surface area contributed by atoms with Gasteiger partial charge in [0.2, 0.25) is 0 Å². The Bertz CT molecular complexity index is 627. The van der Waals surface area contributed by atoms with Gasteiger partial charge in [-0.15, -0.1) is 11.3 Å². The zero-order valence-corrected chi connectivity index (χ0v) is 14.9. The molecule has 0 aliphatic heterocycles. The van der Waals surface area contributed by atoms with Crippen molar-refractivity contribution in [3.8, 4) is 0 Å². The molecule has 1 aromatic carbocycles. The number of likely N-dealkylation sites (N-methyl/N-ethyl adjacent to an activating group) is 1. The van der Waals surface area contributed by atoms with Gasteiger partial charge >= 0.3 is 0 Å². The Labute approximate surface area is 144 Å². The van der Waals surface area contributed by atoms with Crippen molar-refractivity contribution in [2.45, 2.75) is 19.5 Å². The first-order valence-corrected chi connectivity index (χ1v) is 8.61. The van der Waals surface area contributed by atoms with Crippen LogP contribution < -0.4 is 10.2 Å². The molecule has 2 aromatic rings. The number of nitrogens with one attached hydrogen (secondary N) is 2. The van der Waals surface area contributed by atoms with E-state index in [4.69, 9.17) is 23.2 Å². The largest absolute Gasteiger partial charge is 0.345 e. The second-order valence-electron chi connectivity index (χ2n) is 5.36. The summed E-state index contributed by atoms with van der Waals surface area (Å²) >= 11 is 13.3. The fraction of sp³-hybridized carbons (Fsp3) is 0.312. The minimum absolute atomic E-state index is 0.0302. The van der Waals surface area contributed by atoms with E-state index < -0.39 is 0 Å². The maximum absolute atomic E-state index is 12.1. The lowest BCUT2D eigenvalue weighted by molar-refractivity contribution is -0.885. The zero-order valence-electron chi connectivity index (χ0n) is 12.5. The molecule has 0 aliphatic rings. The molecule has 22 heavy (non-hydrogen) atoms. The quantitative estimate of drug-likeness (QED) is 0.818. The molecule has 0 fully saturated rings. The molecule has 0 saturated heterocycles. The predicted molar refractivity (Wildman–Crippen MR) is 92.8 cm³/mol. The molecule has 1 unspecified atom stereocenters. The number of halogens is 2. The van der Waals surface area contributed by atoms with Crippen LogP contribution in [0.2, 0.25) is 9.36 Å². The van der Waals surface area contributed by atoms with Crippen molar-refractivity contribution in [1.82, 2.24) is 5.32 Å². The first-order chi connectivity index (χ1) is 10.4. The molecular weight excluding hydrogens is 339 g/mol. The number of thiophene rings is 1. The van der Waals surface area contributed by atoms with Gasteiger partial charge in [0.25, 0.3) is 5.91 Å². The van der Waals surface area contributed by atoms with Crippen molar-refractivity contribution in [2.24, 2.45) is 0 Å². The van der Waals surface area contributed by atoms with Crippen LogP contribution in [0.4, 0.5) is 0 Å². The van der Waals surface area contributed by atoms with Crippen molar-refractivity contribution in [1.29, 1.82) is 0 Å². The van der Waals surface area contributed by atoms with E-state index in [2.05, 4.69) is 5.32 Å². The van der Waals surface area contributed by atoms with E-state index in [0.29, 0.717) is 11.6 Å². The summed E-state index contributed by atoms with van der Waals surface area (Å²) < 4.78 is 0.781. The molecule has 2 N–H and O–H groups in total. The molecule has 1 heterocycles. The van der Waals surface area contributed by atoms with Crippen LogP contribution in [-0.2, 0) is 11.3 Å². The first kappa shape index (κ1) is 17.3. The topological polar surface area (TPSA) is 33.5 Å². The maximum Gasteiger partial charge on any atom is 0.275 e. The standard InChI is InChI=1S/C16H18Cl2N2OS/c1-11(12-3-5-13(17)6-4-12)19-16(21)10-20(2)9-14-7-8-15(18)22-14/h3-8,11H,9-10H2,1-2H3,(H,19,21)/p+1/t11-/m0/s1. The number of rotatable bonds is 6. The Morgan fingerprint density at radius 3 is 2.50 bits per heavy atom. The van der Waals surface area contributed by atoms with E-state index in [0.717, 1.165) is 21.3 Å². The monoisotopic (exact) mass is 357 g/mol. The highest BCUT2D eigenvalue weighted by molar-refractivity contribution is 7.16. The summed E-state index contributed by atoms with van der Waals surface area (Å²) in [5.74, 6) is 0.0302. The second kappa shape index (κ2) is 7.97. The summed E-state index contributed by atoms with van der Waals surface area (Å²) in [6.45, 7) is 3.18. The summed E-state index contributed by atoms with van der Waals surface area (Å²) in [5, 5.41) is 3.71. The van der Waals surface area contributed by atoms with Gasteiger partial charge in [-0.3, -0.25) is 4.79 Å². The van der Waals surface area contributed by atoms with Crippen LogP contribution in [0.3, 0.4) is 0 Å². The minimum Gasteiger partial charge on any atom is -0.345 e. The molecule has 1 aromatic heterocycles. The highest BCUT2D eigenvalue weighted by Gasteiger charge is 2.14. The highest BCUT2D eigenvalue weighted by atomic mass is 35.5. The van der Waals surface area contributed by atoms with Gasteiger partial charge in [-0.25, -0.2) is 0 Å². The van der Waals surface area contributed by atoms with Crippen LogP contribution in [-0.4, -0.2) is 19.5 Å². The molecule has 3 nitrogen and oxygen atoms in total. The molecule has 6 heteroatoms. The molecule has 0 aliphatic carbocycles. The van der Waals surface area contributed by atoms with Crippen LogP contribution in [0.25, 0.3) is 0 Å². The summed E-state index contributed by atoms with van der Waals surface area (Å²) in [6, 6.07) is 11.4. The number of hydrogen-bond acceptors (Lipinski definition) is 2. The van der Waals surface area contributed by atoms with E-state index in [1.165, 1.54) is 4.88 Å². The Hall–Kier alpha value is -1.07. The summed E-state index contributed by atoms with van der Waals surface area (Å²) in [6.07, 6.45) is 0. The number of amides is 1. The fourth-order valence-corrected chi connectivity index (χ4v) is 3.54. The lowest BCUT2D eigenvalue weighted by Gasteiger charge is -2.17. The van der Waals surface area contributed by atoms with E-state index in [1.54, 1.807) is 11.3 Å². The van der Waals surface area contributed by atoms with Crippen LogP contribution in [0.15, 0.2) is 36.4 Å². The third-order valence-corrected chi connectivity index (χ3v) is 4.80. The fourth-order valence-electron chi connectivity index (χ4n) is 2.21. The molecular formula is C16H19Cl2N2OS+. The molecule has 0 spiro atoms. The third-order valence-electron chi connectivity index (χ3n) is 3.31. The lowest BCUT2D eigenvalue weighted by atomic mass is 10.1. The van der Waals surface area contributed by atoms with Crippen molar-refractivity contribution < 1.29 is 9.69 Å². The average Bonchev–Trinajstić information content (AvgIpc) is 2.84. The Kier molecular flexibility index (Phi) is 6.26. The van der Waals surface area contributed by atoms with Gasteiger partial charge in [0.05, 0.1) is 22.3 Å². The zero-order chi connectivity index (χ0) is 16.1. The second-order valence-corrected chi connectivity index (χ2v) is 7.59. The van der Waals surface area contributed by atoms with E-state index in [1.807, 2.05) is 50.4 Å². The van der Waals surface area contributed by atoms with E-state index in [9.17, 15) is 4.79 Å². The summed E-state index contributed by atoms with van der Waals surface area (Å²) in [4.78, 5) is 14.4. The molecule has 1 amide bonds. The molecule has 118 valence electrons. The van der Waals surface area contributed by atoms with Gasteiger partial charge in [0.1, 0.15) is 6.54 Å². The average molecular weight is 358 g/mol. The minimum atomic E-state index is -0.0336. The summed E-state index contributed by atoms with van der Waals surface area (Å²) in [5.41, 5.74) is 1.04. The van der Waals surface area contributed by atoms with Gasteiger partial charge in [0, 0.05) is 5.02 Å². The Morgan fingerprint density at radius 2 is 1.91 bits per heavy atom. The SMILES string of the molecule is C[C@H](NC(=O)C[NH+](C)Cc1ccc(Cl)s1)c1ccc(Cl)cc1. The van der Waals surface area contributed by atoms with Crippen LogP contribution in [0.5, 0.6) is 0 Å². The van der Waals surface area contributed by atoms with Crippen LogP contribution in [0, 0.1) is 0 Å². The molecule has 0 radical (unpaired) electrons. The van der Waals surface area contributed by atoms with Crippen LogP contribution >= 0.6 is 34.5 Å². The molecule has 2 rings (SSSR count). The number of carbonyl (C=O) groups is 1. The number of benzene rings is 1. The molecule has 2 atom stereocenters. The lowest BCUT2D eigenvalue weighted by Crippen LogP contribution is -3.08.